The van der Waals surface area contributed by atoms with Gasteiger partial charge in [-0.05, 0) is 62.0 Å². The van der Waals surface area contributed by atoms with Gasteiger partial charge >= 0.3 is 5.97 Å². The zero-order valence-electron chi connectivity index (χ0n) is 15.0. The third-order valence-electron chi connectivity index (χ3n) is 6.11. The van der Waals surface area contributed by atoms with Crippen LogP contribution in [0.25, 0.3) is 0 Å². The second kappa shape index (κ2) is 8.02. The van der Waals surface area contributed by atoms with Gasteiger partial charge in [0.25, 0.3) is 12.9 Å². The Kier molecular flexibility index (Phi) is 5.91. The fourth-order valence-electron chi connectivity index (χ4n) is 4.41. The highest BCUT2D eigenvalue weighted by Crippen LogP contribution is 2.47. The molecule has 1 saturated heterocycles. The molecule has 0 radical (unpaired) electrons. The van der Waals surface area contributed by atoms with E-state index in [1.807, 2.05) is 4.90 Å². The maximum Gasteiger partial charge on any atom is 0.303 e. The molecule has 1 saturated carbocycles. The van der Waals surface area contributed by atoms with Crippen LogP contribution in [0.1, 0.15) is 69.1 Å². The average molecular weight is 388 g/mol. The van der Waals surface area contributed by atoms with Crippen molar-refractivity contribution < 1.29 is 27.5 Å². The number of alkyl halides is 4. The highest BCUT2D eigenvalue weighted by molar-refractivity contribution is 5.67. The number of halogens is 4. The first kappa shape index (κ1) is 19.9. The van der Waals surface area contributed by atoms with E-state index in [-0.39, 0.29) is 23.6 Å². The molecular formula is C19H24F4N2O2. The van der Waals surface area contributed by atoms with Gasteiger partial charge in [-0.15, -0.1) is 0 Å². The number of nitrogens with zero attached hydrogens (tertiary/aromatic N) is 2. The second-order valence-corrected chi connectivity index (χ2v) is 7.81. The Bertz CT molecular complexity index is 639. The van der Waals surface area contributed by atoms with Crippen molar-refractivity contribution in [3.05, 3.63) is 23.4 Å². The van der Waals surface area contributed by atoms with Crippen LogP contribution >= 0.6 is 0 Å². The lowest BCUT2D eigenvalue weighted by Gasteiger charge is -2.46. The smallest absolute Gasteiger partial charge is 0.303 e. The molecule has 2 fully saturated rings. The first-order chi connectivity index (χ1) is 12.8. The third kappa shape index (κ3) is 4.71. The van der Waals surface area contributed by atoms with Gasteiger partial charge in [-0.25, -0.2) is 22.5 Å². The normalized spacial score (nSPS) is 20.6. The summed E-state index contributed by atoms with van der Waals surface area (Å²) in [6, 6.07) is 1.98. The molecule has 1 aromatic heterocycles. The largest absolute Gasteiger partial charge is 0.481 e. The summed E-state index contributed by atoms with van der Waals surface area (Å²) >= 11 is 0. The molecular weight excluding hydrogens is 364 g/mol. The third-order valence-corrected chi connectivity index (χ3v) is 6.11. The van der Waals surface area contributed by atoms with Gasteiger partial charge in [-0.2, -0.15) is 0 Å². The lowest BCUT2D eigenvalue weighted by atomic mass is 9.65. The quantitative estimate of drug-likeness (QED) is 0.704. The molecule has 2 heterocycles. The summed E-state index contributed by atoms with van der Waals surface area (Å²) in [5.41, 5.74) is -0.890. The first-order valence-electron chi connectivity index (χ1n) is 9.33. The van der Waals surface area contributed by atoms with E-state index in [1.165, 1.54) is 6.07 Å². The standard InChI is InChI=1S/C19H24F4N2O2/c20-17(21)13-10-14(18(22)23)24-15(11-13)25-7-5-19(6-8-25)3-1-12(2-4-19)9-16(26)27/h10-12,17-18H,1-9H2,(H,26,27). The summed E-state index contributed by atoms with van der Waals surface area (Å²) in [6.07, 6.45) is -0.0930. The van der Waals surface area contributed by atoms with Crippen molar-refractivity contribution in [1.82, 2.24) is 4.98 Å². The second-order valence-electron chi connectivity index (χ2n) is 7.81. The van der Waals surface area contributed by atoms with Crippen LogP contribution in [0.15, 0.2) is 12.1 Å². The molecule has 150 valence electrons. The molecule has 1 N–H and O–H groups in total. The van der Waals surface area contributed by atoms with Crippen molar-refractivity contribution in [2.24, 2.45) is 11.3 Å². The van der Waals surface area contributed by atoms with Crippen LogP contribution in [0, 0.1) is 11.3 Å². The fourth-order valence-corrected chi connectivity index (χ4v) is 4.41. The minimum absolute atomic E-state index is 0.150. The number of pyridine rings is 1. The molecule has 3 rings (SSSR count). The molecule has 0 atom stereocenters. The zero-order chi connectivity index (χ0) is 19.6. The Morgan fingerprint density at radius 3 is 2.26 bits per heavy atom. The number of carboxylic acid groups (broad SMARTS) is 1. The molecule has 27 heavy (non-hydrogen) atoms. The predicted octanol–water partition coefficient (Wildman–Crippen LogP) is 5.21. The fraction of sp³-hybridized carbons (Fsp3) is 0.684. The Balaban J connectivity index is 1.65. The highest BCUT2D eigenvalue weighted by atomic mass is 19.3. The van der Waals surface area contributed by atoms with E-state index in [9.17, 15) is 22.4 Å². The molecule has 4 nitrogen and oxygen atoms in total. The number of aromatic nitrogens is 1. The number of aliphatic carboxylic acids is 1. The molecule has 8 heteroatoms. The molecule has 0 bridgehead atoms. The van der Waals surface area contributed by atoms with E-state index in [1.54, 1.807) is 0 Å². The van der Waals surface area contributed by atoms with Crippen LogP contribution in [0.5, 0.6) is 0 Å². The number of hydrogen-bond donors (Lipinski definition) is 1. The Labute approximate surface area is 155 Å². The van der Waals surface area contributed by atoms with Crippen molar-refractivity contribution in [3.8, 4) is 0 Å². The Morgan fingerprint density at radius 2 is 1.74 bits per heavy atom. The molecule has 2 aliphatic rings. The first-order valence-corrected chi connectivity index (χ1v) is 9.33. The Morgan fingerprint density at radius 1 is 1.11 bits per heavy atom. The highest BCUT2D eigenvalue weighted by Gasteiger charge is 2.38. The monoisotopic (exact) mass is 388 g/mol. The van der Waals surface area contributed by atoms with Crippen molar-refractivity contribution in [2.45, 2.75) is 57.8 Å². The van der Waals surface area contributed by atoms with Crippen LogP contribution in [0.3, 0.4) is 0 Å². The molecule has 0 aromatic carbocycles. The summed E-state index contributed by atoms with van der Waals surface area (Å²) in [4.78, 5) is 16.6. The molecule has 1 spiro atoms. The van der Waals surface area contributed by atoms with Gasteiger partial charge in [-0.3, -0.25) is 4.79 Å². The maximum atomic E-state index is 13.0. The van der Waals surface area contributed by atoms with Crippen LogP contribution in [0.4, 0.5) is 23.4 Å². The summed E-state index contributed by atoms with van der Waals surface area (Å²) in [6.45, 7) is 1.18. The van der Waals surface area contributed by atoms with Gasteiger partial charge < -0.3 is 10.0 Å². The molecule has 1 aliphatic heterocycles. The number of anilines is 1. The van der Waals surface area contributed by atoms with Gasteiger partial charge in [0, 0.05) is 25.1 Å². The van der Waals surface area contributed by atoms with Crippen LogP contribution < -0.4 is 4.90 Å². The van der Waals surface area contributed by atoms with Gasteiger partial charge in [0.15, 0.2) is 0 Å². The van der Waals surface area contributed by atoms with E-state index >= 15 is 0 Å². The molecule has 0 unspecified atom stereocenters. The summed E-state index contributed by atoms with van der Waals surface area (Å²) < 4.78 is 52.1. The minimum Gasteiger partial charge on any atom is -0.481 e. The number of carboxylic acids is 1. The zero-order valence-corrected chi connectivity index (χ0v) is 15.0. The van der Waals surface area contributed by atoms with E-state index in [0.717, 1.165) is 44.6 Å². The van der Waals surface area contributed by atoms with Gasteiger partial charge in [0.05, 0.1) is 0 Å². The topological polar surface area (TPSA) is 53.4 Å². The molecule has 0 amide bonds. The van der Waals surface area contributed by atoms with Crippen molar-refractivity contribution >= 4 is 11.8 Å². The molecule has 1 aliphatic carbocycles. The minimum atomic E-state index is -2.89. The van der Waals surface area contributed by atoms with Gasteiger partial charge in [0.1, 0.15) is 11.5 Å². The van der Waals surface area contributed by atoms with Crippen molar-refractivity contribution in [2.75, 3.05) is 18.0 Å². The lowest BCUT2D eigenvalue weighted by Crippen LogP contribution is -2.42. The number of rotatable bonds is 5. The summed E-state index contributed by atoms with van der Waals surface area (Å²) in [5, 5.41) is 8.93. The molecule has 1 aromatic rings. The van der Waals surface area contributed by atoms with E-state index < -0.39 is 30.1 Å². The SMILES string of the molecule is O=C(O)CC1CCC2(CC1)CCN(c1cc(C(F)F)cc(C(F)F)n1)CC2. The van der Waals surface area contributed by atoms with E-state index in [2.05, 4.69) is 4.98 Å². The predicted molar refractivity (Wildman–Crippen MR) is 92.2 cm³/mol. The summed E-state index contributed by atoms with van der Waals surface area (Å²) in [7, 11) is 0. The van der Waals surface area contributed by atoms with Gasteiger partial charge in [-0.1, -0.05) is 0 Å². The lowest BCUT2D eigenvalue weighted by molar-refractivity contribution is -0.138. The van der Waals surface area contributed by atoms with E-state index in [0.29, 0.717) is 13.1 Å². The van der Waals surface area contributed by atoms with E-state index in [4.69, 9.17) is 5.11 Å². The van der Waals surface area contributed by atoms with Crippen LogP contribution in [0.2, 0.25) is 0 Å². The Hall–Kier alpha value is -1.86. The van der Waals surface area contributed by atoms with Gasteiger partial charge in [0.2, 0.25) is 0 Å². The van der Waals surface area contributed by atoms with Crippen LogP contribution in [-0.2, 0) is 4.79 Å². The number of carbonyl (C=O) groups is 1. The number of piperidine rings is 1. The van der Waals surface area contributed by atoms with Crippen LogP contribution in [-0.4, -0.2) is 29.1 Å². The van der Waals surface area contributed by atoms with Crippen molar-refractivity contribution in [1.29, 1.82) is 0 Å². The summed E-state index contributed by atoms with van der Waals surface area (Å²) in [5.74, 6) is -0.341. The average Bonchev–Trinajstić information content (AvgIpc) is 2.63. The van der Waals surface area contributed by atoms with Crippen molar-refractivity contribution in [3.63, 3.8) is 0 Å². The maximum absolute atomic E-state index is 13.0. The number of hydrogen-bond acceptors (Lipinski definition) is 3.